The smallest absolute Gasteiger partial charge is 0.196 e. The number of aromatic nitrogens is 4. The molecule has 8 heteroatoms. The zero-order chi connectivity index (χ0) is 20.4. The lowest BCUT2D eigenvalue weighted by Crippen LogP contribution is -2.01. The molecular weight excluding hydrogens is 402 g/mol. The SMILES string of the molecule is Cc1cccc(-n2c(C)nnc2SC/C(O)=C(\C#N)c2nc3ccccc3s2)c1. The molecule has 4 rings (SSSR count). The van der Waals surface area contributed by atoms with Crippen LogP contribution < -0.4 is 0 Å². The Labute approximate surface area is 176 Å². The number of allylic oxidation sites excluding steroid dienone is 1. The Bertz CT molecular complexity index is 1230. The topological polar surface area (TPSA) is 87.6 Å². The predicted octanol–water partition coefficient (Wildman–Crippen LogP) is 5.08. The molecule has 4 aromatic rings. The van der Waals surface area contributed by atoms with Gasteiger partial charge in [-0.25, -0.2) is 4.98 Å². The van der Waals surface area contributed by atoms with E-state index in [1.54, 1.807) is 0 Å². The van der Waals surface area contributed by atoms with Crippen LogP contribution in [-0.2, 0) is 0 Å². The van der Waals surface area contributed by atoms with E-state index in [9.17, 15) is 10.4 Å². The quantitative estimate of drug-likeness (QED) is 0.276. The molecule has 0 unspecified atom stereocenters. The molecule has 2 aromatic heterocycles. The van der Waals surface area contributed by atoms with Crippen molar-refractivity contribution in [3.63, 3.8) is 0 Å². The van der Waals surface area contributed by atoms with Gasteiger partial charge in [0, 0.05) is 5.69 Å². The van der Waals surface area contributed by atoms with Crippen LogP contribution >= 0.6 is 23.1 Å². The van der Waals surface area contributed by atoms with Gasteiger partial charge >= 0.3 is 0 Å². The molecule has 0 radical (unpaired) electrons. The van der Waals surface area contributed by atoms with E-state index >= 15 is 0 Å². The second kappa shape index (κ2) is 8.07. The molecule has 0 aliphatic carbocycles. The van der Waals surface area contributed by atoms with Gasteiger partial charge in [-0.2, -0.15) is 5.26 Å². The summed E-state index contributed by atoms with van der Waals surface area (Å²) in [5.41, 5.74) is 3.11. The highest BCUT2D eigenvalue weighted by Gasteiger charge is 2.17. The minimum Gasteiger partial charge on any atom is -0.510 e. The third-order valence-corrected chi connectivity index (χ3v) is 6.30. The van der Waals surface area contributed by atoms with Crippen LogP contribution in [0.2, 0.25) is 0 Å². The van der Waals surface area contributed by atoms with Crippen molar-refractivity contribution in [2.24, 2.45) is 0 Å². The molecule has 0 atom stereocenters. The number of rotatable bonds is 5. The van der Waals surface area contributed by atoms with Crippen LogP contribution in [0.3, 0.4) is 0 Å². The Kier molecular flexibility index (Phi) is 5.34. The molecule has 0 spiro atoms. The largest absolute Gasteiger partial charge is 0.510 e. The van der Waals surface area contributed by atoms with Gasteiger partial charge in [-0.3, -0.25) is 4.57 Å². The van der Waals surface area contributed by atoms with E-state index in [2.05, 4.69) is 27.3 Å². The normalized spacial score (nSPS) is 12.0. The van der Waals surface area contributed by atoms with Gasteiger partial charge < -0.3 is 5.11 Å². The zero-order valence-electron chi connectivity index (χ0n) is 15.8. The van der Waals surface area contributed by atoms with Gasteiger partial charge in [-0.15, -0.1) is 21.5 Å². The van der Waals surface area contributed by atoms with E-state index in [4.69, 9.17) is 0 Å². The second-order valence-electron chi connectivity index (χ2n) is 6.41. The molecule has 0 fully saturated rings. The number of thiazole rings is 1. The first kappa shape index (κ1) is 19.2. The molecule has 0 amide bonds. The number of fused-ring (bicyclic) bond motifs is 1. The van der Waals surface area contributed by atoms with Crippen LogP contribution in [0.1, 0.15) is 16.4 Å². The summed E-state index contributed by atoms with van der Waals surface area (Å²) in [6.07, 6.45) is 0. The molecule has 0 saturated heterocycles. The number of nitrogens with zero attached hydrogens (tertiary/aromatic N) is 5. The minimum atomic E-state index is -0.0204. The third kappa shape index (κ3) is 3.88. The summed E-state index contributed by atoms with van der Waals surface area (Å²) in [7, 11) is 0. The molecule has 0 aliphatic rings. The zero-order valence-corrected chi connectivity index (χ0v) is 17.5. The van der Waals surface area contributed by atoms with Gasteiger partial charge in [0.05, 0.1) is 16.0 Å². The number of benzene rings is 2. The van der Waals surface area contributed by atoms with Crippen molar-refractivity contribution in [3.05, 3.63) is 70.7 Å². The lowest BCUT2D eigenvalue weighted by molar-refractivity contribution is 0.420. The van der Waals surface area contributed by atoms with E-state index < -0.39 is 0 Å². The monoisotopic (exact) mass is 419 g/mol. The fraction of sp³-hybridized carbons (Fsp3) is 0.143. The van der Waals surface area contributed by atoms with E-state index in [0.717, 1.165) is 27.3 Å². The highest BCUT2D eigenvalue weighted by molar-refractivity contribution is 7.99. The van der Waals surface area contributed by atoms with Crippen LogP contribution in [0.15, 0.2) is 59.4 Å². The summed E-state index contributed by atoms with van der Waals surface area (Å²) in [6.45, 7) is 3.92. The van der Waals surface area contributed by atoms with Crippen LogP contribution in [0.25, 0.3) is 21.5 Å². The Morgan fingerprint density at radius 2 is 2.00 bits per heavy atom. The summed E-state index contributed by atoms with van der Waals surface area (Å²) >= 11 is 2.72. The van der Waals surface area contributed by atoms with Gasteiger partial charge in [0.2, 0.25) is 0 Å². The molecule has 2 heterocycles. The molecule has 29 heavy (non-hydrogen) atoms. The first-order valence-corrected chi connectivity index (χ1v) is 10.7. The maximum absolute atomic E-state index is 10.6. The molecule has 2 aromatic carbocycles. The first-order valence-electron chi connectivity index (χ1n) is 8.87. The molecule has 6 nitrogen and oxygen atoms in total. The fourth-order valence-electron chi connectivity index (χ4n) is 2.92. The number of aliphatic hydroxyl groups excluding tert-OH is 1. The lowest BCUT2D eigenvalue weighted by Gasteiger charge is -2.09. The van der Waals surface area contributed by atoms with Crippen molar-refractivity contribution in [3.8, 4) is 11.8 Å². The summed E-state index contributed by atoms with van der Waals surface area (Å²) < 4.78 is 2.92. The lowest BCUT2D eigenvalue weighted by atomic mass is 10.2. The highest BCUT2D eigenvalue weighted by atomic mass is 32.2. The van der Waals surface area contributed by atoms with E-state index in [1.807, 2.05) is 60.9 Å². The number of aryl methyl sites for hydroxylation is 2. The van der Waals surface area contributed by atoms with Crippen molar-refractivity contribution in [2.75, 3.05) is 5.75 Å². The van der Waals surface area contributed by atoms with E-state index in [0.29, 0.717) is 10.2 Å². The second-order valence-corrected chi connectivity index (χ2v) is 8.39. The average Bonchev–Trinajstić information content (AvgIpc) is 3.30. The van der Waals surface area contributed by atoms with Crippen molar-refractivity contribution in [1.82, 2.24) is 19.7 Å². The van der Waals surface area contributed by atoms with Crippen LogP contribution in [-0.4, -0.2) is 30.6 Å². The summed E-state index contributed by atoms with van der Waals surface area (Å²) in [4.78, 5) is 4.47. The Hall–Kier alpha value is -3.15. The third-order valence-electron chi connectivity index (χ3n) is 4.30. The average molecular weight is 420 g/mol. The van der Waals surface area contributed by atoms with Crippen LogP contribution in [0.4, 0.5) is 0 Å². The summed E-state index contributed by atoms with van der Waals surface area (Å²) in [6, 6.07) is 17.8. The molecule has 1 N–H and O–H groups in total. The Balaban J connectivity index is 1.62. The van der Waals surface area contributed by atoms with Crippen molar-refractivity contribution < 1.29 is 5.11 Å². The van der Waals surface area contributed by atoms with E-state index in [1.165, 1.54) is 23.1 Å². The highest BCUT2D eigenvalue weighted by Crippen LogP contribution is 2.30. The maximum atomic E-state index is 10.6. The Morgan fingerprint density at radius 3 is 2.76 bits per heavy atom. The van der Waals surface area contributed by atoms with Gasteiger partial charge in [-0.05, 0) is 43.7 Å². The van der Waals surface area contributed by atoms with Crippen molar-refractivity contribution in [2.45, 2.75) is 19.0 Å². The molecule has 0 saturated carbocycles. The van der Waals surface area contributed by atoms with Crippen LogP contribution in [0.5, 0.6) is 0 Å². The minimum absolute atomic E-state index is 0.0204. The standard InChI is InChI=1S/C21H17N5OS2/c1-13-6-5-7-15(10-13)26-14(2)24-25-21(26)28-12-18(27)16(11-22)20-23-17-8-3-4-9-19(17)29-20/h3-10,27H,12H2,1-2H3/b18-16-. The number of nitriles is 1. The summed E-state index contributed by atoms with van der Waals surface area (Å²) in [5.74, 6) is 0.934. The maximum Gasteiger partial charge on any atom is 0.196 e. The molecular formula is C21H17N5OS2. The molecule has 144 valence electrons. The van der Waals surface area contributed by atoms with Gasteiger partial charge in [0.1, 0.15) is 28.2 Å². The number of hydrogen-bond acceptors (Lipinski definition) is 7. The van der Waals surface area contributed by atoms with Crippen molar-refractivity contribution in [1.29, 1.82) is 5.26 Å². The number of para-hydroxylation sites is 1. The van der Waals surface area contributed by atoms with E-state index in [-0.39, 0.29) is 17.1 Å². The number of aliphatic hydroxyl groups is 1. The molecule has 0 aliphatic heterocycles. The van der Waals surface area contributed by atoms with Crippen molar-refractivity contribution >= 4 is 38.9 Å². The van der Waals surface area contributed by atoms with Gasteiger partial charge in [-0.1, -0.05) is 36.0 Å². The molecule has 0 bridgehead atoms. The fourth-order valence-corrected chi connectivity index (χ4v) is 4.78. The Morgan fingerprint density at radius 1 is 1.17 bits per heavy atom. The van der Waals surface area contributed by atoms with Gasteiger partial charge in [0.15, 0.2) is 5.16 Å². The number of thioether (sulfide) groups is 1. The number of hydrogen-bond donors (Lipinski definition) is 1. The first-order chi connectivity index (χ1) is 14.1. The van der Waals surface area contributed by atoms with Gasteiger partial charge in [0.25, 0.3) is 0 Å². The summed E-state index contributed by atoms with van der Waals surface area (Å²) in [5, 5.41) is 29.8. The predicted molar refractivity (Wildman–Crippen MR) is 116 cm³/mol. The van der Waals surface area contributed by atoms with Crippen LogP contribution in [0, 0.1) is 25.2 Å².